The fraction of sp³-hybridized carbons (Fsp3) is 0.143. The van der Waals surface area contributed by atoms with Crippen molar-refractivity contribution in [2.45, 2.75) is 0 Å². The second-order valence-electron chi connectivity index (χ2n) is 1.98. The molecule has 0 atom stereocenters. The van der Waals surface area contributed by atoms with Gasteiger partial charge in [-0.15, -0.1) is 6.42 Å². The van der Waals surface area contributed by atoms with Crippen LogP contribution in [0.2, 0.25) is 0 Å². The summed E-state index contributed by atoms with van der Waals surface area (Å²) in [5.41, 5.74) is 0.461. The molecule has 0 bridgehead atoms. The minimum atomic E-state index is -1.08. The zero-order chi connectivity index (χ0) is 8.43. The van der Waals surface area contributed by atoms with Crippen LogP contribution in [0.3, 0.4) is 0 Å². The normalized spacial score (nSPS) is 9.09. The number of carbonyl (C=O) groups is 1. The predicted octanol–water partition coefficient (Wildman–Crippen LogP) is 0.0996. The fourth-order valence-electron chi connectivity index (χ4n) is 0.742. The van der Waals surface area contributed by atoms with Gasteiger partial charge in [-0.2, -0.15) is 0 Å². The molecule has 1 rings (SSSR count). The molecule has 56 valence electrons. The third-order valence-electron chi connectivity index (χ3n) is 1.33. The average molecular weight is 150 g/mol. The van der Waals surface area contributed by atoms with Crippen molar-refractivity contribution in [3.8, 4) is 12.3 Å². The third-order valence-corrected chi connectivity index (χ3v) is 1.33. The molecule has 0 aliphatic heterocycles. The number of carboxylic acids is 1. The molecule has 1 heterocycles. The first-order valence-corrected chi connectivity index (χ1v) is 2.88. The van der Waals surface area contributed by atoms with Crippen LogP contribution in [0.15, 0.2) is 6.20 Å². The number of carboxylic acid groups (broad SMARTS) is 1. The molecule has 0 fully saturated rings. The topological polar surface area (TPSA) is 55.1 Å². The lowest BCUT2D eigenvalue weighted by Gasteiger charge is -1.94. The highest BCUT2D eigenvalue weighted by Gasteiger charge is 2.10. The molecule has 0 aromatic carbocycles. The lowest BCUT2D eigenvalue weighted by atomic mass is 10.5. The van der Waals surface area contributed by atoms with Crippen LogP contribution in [0.25, 0.3) is 0 Å². The first kappa shape index (κ1) is 7.35. The van der Waals surface area contributed by atoms with Crippen molar-refractivity contribution >= 4 is 5.97 Å². The van der Waals surface area contributed by atoms with Crippen molar-refractivity contribution in [3.05, 3.63) is 17.7 Å². The Bertz CT molecular complexity index is 333. The Morgan fingerprint density at radius 1 is 1.91 bits per heavy atom. The number of terminal acetylenes is 1. The smallest absolute Gasteiger partial charge is 0.372 e. The lowest BCUT2D eigenvalue weighted by Crippen LogP contribution is -2.06. The highest BCUT2D eigenvalue weighted by Crippen LogP contribution is 2.00. The first-order chi connectivity index (χ1) is 5.16. The van der Waals surface area contributed by atoms with Crippen LogP contribution in [0.5, 0.6) is 0 Å². The van der Waals surface area contributed by atoms with E-state index in [1.54, 1.807) is 7.05 Å². The van der Waals surface area contributed by atoms with Crippen LogP contribution in [-0.2, 0) is 7.05 Å². The highest BCUT2D eigenvalue weighted by atomic mass is 16.4. The standard InChI is InChI=1S/C7H6N2O2/c1-3-5-4-8-6(7(10)11)9(5)2/h1,4H,2H3,(H,10,11). The maximum atomic E-state index is 10.4. The summed E-state index contributed by atoms with van der Waals surface area (Å²) in [6.45, 7) is 0. The van der Waals surface area contributed by atoms with E-state index in [0.29, 0.717) is 5.69 Å². The molecule has 1 aromatic heterocycles. The van der Waals surface area contributed by atoms with E-state index in [-0.39, 0.29) is 5.82 Å². The SMILES string of the molecule is C#Cc1cnc(C(=O)O)n1C. The maximum Gasteiger partial charge on any atom is 0.372 e. The zero-order valence-corrected chi connectivity index (χ0v) is 5.90. The summed E-state index contributed by atoms with van der Waals surface area (Å²) in [7, 11) is 1.56. The van der Waals surface area contributed by atoms with Crippen LogP contribution in [0.4, 0.5) is 0 Å². The summed E-state index contributed by atoms with van der Waals surface area (Å²) in [6.07, 6.45) is 6.41. The minimum absolute atomic E-state index is 0.0436. The predicted molar refractivity (Wildman–Crippen MR) is 38.1 cm³/mol. The Morgan fingerprint density at radius 2 is 2.55 bits per heavy atom. The molecule has 0 aliphatic carbocycles. The van der Waals surface area contributed by atoms with Gasteiger partial charge in [0, 0.05) is 7.05 Å². The monoisotopic (exact) mass is 150 g/mol. The molecule has 0 amide bonds. The summed E-state index contributed by atoms with van der Waals surface area (Å²) in [5.74, 6) is 1.19. The van der Waals surface area contributed by atoms with Crippen LogP contribution in [-0.4, -0.2) is 20.6 Å². The van der Waals surface area contributed by atoms with Crippen molar-refractivity contribution < 1.29 is 9.90 Å². The summed E-state index contributed by atoms with van der Waals surface area (Å²) in [4.78, 5) is 14.0. The van der Waals surface area contributed by atoms with Gasteiger partial charge in [-0.05, 0) is 0 Å². The molecule has 4 nitrogen and oxygen atoms in total. The van der Waals surface area contributed by atoms with Gasteiger partial charge in [0.25, 0.3) is 0 Å². The molecular formula is C7H6N2O2. The Morgan fingerprint density at radius 3 is 2.82 bits per heavy atom. The minimum Gasteiger partial charge on any atom is -0.475 e. The van der Waals surface area contributed by atoms with Gasteiger partial charge in [0.2, 0.25) is 5.82 Å². The Labute approximate surface area is 63.5 Å². The molecule has 0 saturated heterocycles. The van der Waals surface area contributed by atoms with Crippen LogP contribution < -0.4 is 0 Å². The van der Waals surface area contributed by atoms with Gasteiger partial charge in [0.05, 0.1) is 6.20 Å². The van der Waals surface area contributed by atoms with Crippen molar-refractivity contribution in [1.82, 2.24) is 9.55 Å². The number of rotatable bonds is 1. The van der Waals surface area contributed by atoms with E-state index in [2.05, 4.69) is 10.9 Å². The van der Waals surface area contributed by atoms with E-state index in [4.69, 9.17) is 11.5 Å². The number of imidazole rings is 1. The Hall–Kier alpha value is -1.76. The number of hydrogen-bond donors (Lipinski definition) is 1. The number of hydrogen-bond acceptors (Lipinski definition) is 2. The Balaban J connectivity index is 3.24. The van der Waals surface area contributed by atoms with E-state index in [0.717, 1.165) is 0 Å². The maximum absolute atomic E-state index is 10.4. The summed E-state index contributed by atoms with van der Waals surface area (Å²) < 4.78 is 1.35. The molecule has 0 spiro atoms. The number of aromatic carboxylic acids is 1. The second-order valence-corrected chi connectivity index (χ2v) is 1.98. The van der Waals surface area contributed by atoms with E-state index in [1.165, 1.54) is 10.8 Å². The van der Waals surface area contributed by atoms with E-state index in [1.807, 2.05) is 0 Å². The molecule has 4 heteroatoms. The molecule has 1 N–H and O–H groups in total. The highest BCUT2D eigenvalue weighted by molar-refractivity contribution is 5.83. The second kappa shape index (κ2) is 2.46. The summed E-state index contributed by atoms with van der Waals surface area (Å²) in [6, 6.07) is 0. The third kappa shape index (κ3) is 1.08. The van der Waals surface area contributed by atoms with E-state index >= 15 is 0 Å². The largest absolute Gasteiger partial charge is 0.475 e. The van der Waals surface area contributed by atoms with E-state index < -0.39 is 5.97 Å². The van der Waals surface area contributed by atoms with Crippen LogP contribution >= 0.6 is 0 Å². The fourth-order valence-corrected chi connectivity index (χ4v) is 0.742. The first-order valence-electron chi connectivity index (χ1n) is 2.88. The molecule has 11 heavy (non-hydrogen) atoms. The summed E-state index contributed by atoms with van der Waals surface area (Å²) in [5, 5.41) is 8.52. The van der Waals surface area contributed by atoms with Crippen molar-refractivity contribution in [2.75, 3.05) is 0 Å². The van der Waals surface area contributed by atoms with Crippen molar-refractivity contribution in [3.63, 3.8) is 0 Å². The average Bonchev–Trinajstić information content (AvgIpc) is 2.30. The molecule has 0 saturated carbocycles. The van der Waals surface area contributed by atoms with Crippen LogP contribution in [0.1, 0.15) is 16.3 Å². The molecule has 1 aromatic rings. The van der Waals surface area contributed by atoms with Crippen LogP contribution in [0, 0.1) is 12.3 Å². The Kier molecular flexibility index (Phi) is 1.65. The molecule has 0 unspecified atom stereocenters. The van der Waals surface area contributed by atoms with Gasteiger partial charge >= 0.3 is 5.97 Å². The van der Waals surface area contributed by atoms with Gasteiger partial charge < -0.3 is 9.67 Å². The van der Waals surface area contributed by atoms with Crippen molar-refractivity contribution in [2.24, 2.45) is 7.05 Å². The molecular weight excluding hydrogens is 144 g/mol. The summed E-state index contributed by atoms with van der Waals surface area (Å²) >= 11 is 0. The van der Waals surface area contributed by atoms with Gasteiger partial charge in [-0.25, -0.2) is 9.78 Å². The van der Waals surface area contributed by atoms with Crippen molar-refractivity contribution in [1.29, 1.82) is 0 Å². The molecule has 0 aliphatic rings. The lowest BCUT2D eigenvalue weighted by molar-refractivity contribution is 0.0679. The number of aromatic nitrogens is 2. The number of nitrogens with zero attached hydrogens (tertiary/aromatic N) is 2. The zero-order valence-electron chi connectivity index (χ0n) is 5.90. The molecule has 0 radical (unpaired) electrons. The van der Waals surface area contributed by atoms with Gasteiger partial charge in [0.15, 0.2) is 0 Å². The quantitative estimate of drug-likeness (QED) is 0.577. The van der Waals surface area contributed by atoms with E-state index in [9.17, 15) is 4.79 Å². The van der Waals surface area contributed by atoms with Gasteiger partial charge in [-0.1, -0.05) is 5.92 Å². The van der Waals surface area contributed by atoms with Gasteiger partial charge in [0.1, 0.15) is 5.69 Å². The van der Waals surface area contributed by atoms with Gasteiger partial charge in [-0.3, -0.25) is 0 Å².